The number of nitrogens with zero attached hydrogens (tertiary/aromatic N) is 2. The molecule has 2 N–H and O–H groups in total. The van der Waals surface area contributed by atoms with Crippen molar-refractivity contribution in [2.45, 2.75) is 37.9 Å². The van der Waals surface area contributed by atoms with E-state index in [9.17, 15) is 0 Å². The first kappa shape index (κ1) is 12.6. The summed E-state index contributed by atoms with van der Waals surface area (Å²) in [7, 11) is 1.74. The Kier molecular flexibility index (Phi) is 4.17. The van der Waals surface area contributed by atoms with Crippen LogP contribution in [0.3, 0.4) is 0 Å². The average molecular weight is 302 g/mol. The van der Waals surface area contributed by atoms with Crippen LogP contribution < -0.4 is 10.5 Å². The molecule has 1 heterocycles. The minimum Gasteiger partial charge on any atom is -0.460 e. The molecule has 2 unspecified atom stereocenters. The standard InChI is InChI=1S/C11H16BrN3O2/c1-16-7-3-2-4-8(5-7)17-11-14-9(12)6-10(13)15-11/h6-8H,2-5H2,1H3,(H2,13,14,15). The number of nitrogen functional groups attached to an aromatic ring is 1. The molecule has 1 aromatic heterocycles. The lowest BCUT2D eigenvalue weighted by Gasteiger charge is -2.27. The summed E-state index contributed by atoms with van der Waals surface area (Å²) in [6, 6.07) is 1.98. The Balaban J connectivity index is 2.00. The molecule has 2 atom stereocenters. The molecule has 17 heavy (non-hydrogen) atoms. The number of rotatable bonds is 3. The number of methoxy groups -OCH3 is 1. The summed E-state index contributed by atoms with van der Waals surface area (Å²) >= 11 is 3.27. The summed E-state index contributed by atoms with van der Waals surface area (Å²) in [6.07, 6.45) is 4.48. The zero-order valence-electron chi connectivity index (χ0n) is 9.73. The van der Waals surface area contributed by atoms with E-state index >= 15 is 0 Å². The minimum atomic E-state index is 0.113. The monoisotopic (exact) mass is 301 g/mol. The smallest absolute Gasteiger partial charge is 0.319 e. The van der Waals surface area contributed by atoms with E-state index in [0.717, 1.165) is 25.7 Å². The van der Waals surface area contributed by atoms with E-state index in [1.807, 2.05) is 0 Å². The number of ether oxygens (including phenoxy) is 2. The molecule has 0 bridgehead atoms. The molecule has 1 aromatic rings. The molecule has 1 aliphatic rings. The van der Waals surface area contributed by atoms with Gasteiger partial charge in [0.1, 0.15) is 16.5 Å². The fourth-order valence-electron chi connectivity index (χ4n) is 2.04. The fraction of sp³-hybridized carbons (Fsp3) is 0.636. The second kappa shape index (κ2) is 5.64. The highest BCUT2D eigenvalue weighted by molar-refractivity contribution is 9.10. The van der Waals surface area contributed by atoms with Crippen molar-refractivity contribution in [2.24, 2.45) is 0 Å². The molecule has 1 aliphatic carbocycles. The number of hydrogen-bond donors (Lipinski definition) is 1. The van der Waals surface area contributed by atoms with E-state index in [1.165, 1.54) is 0 Å². The van der Waals surface area contributed by atoms with Gasteiger partial charge >= 0.3 is 6.01 Å². The summed E-state index contributed by atoms with van der Waals surface area (Å²) in [5, 5.41) is 0. The summed E-state index contributed by atoms with van der Waals surface area (Å²) in [4.78, 5) is 8.19. The lowest BCUT2D eigenvalue weighted by atomic mass is 9.95. The molecule has 0 radical (unpaired) electrons. The van der Waals surface area contributed by atoms with Gasteiger partial charge in [-0.25, -0.2) is 0 Å². The highest BCUT2D eigenvalue weighted by atomic mass is 79.9. The van der Waals surface area contributed by atoms with Gasteiger partial charge in [0.2, 0.25) is 0 Å². The topological polar surface area (TPSA) is 70.3 Å². The Morgan fingerprint density at radius 3 is 2.82 bits per heavy atom. The molecular formula is C11H16BrN3O2. The van der Waals surface area contributed by atoms with Crippen LogP contribution in [0.5, 0.6) is 6.01 Å². The van der Waals surface area contributed by atoms with Crippen LogP contribution in [0, 0.1) is 0 Å². The fourth-order valence-corrected chi connectivity index (χ4v) is 2.42. The molecule has 6 heteroatoms. The third kappa shape index (κ3) is 3.54. The third-order valence-electron chi connectivity index (χ3n) is 2.88. The Labute approximate surface area is 109 Å². The first-order valence-corrected chi connectivity index (χ1v) is 6.46. The van der Waals surface area contributed by atoms with Gasteiger partial charge in [0.25, 0.3) is 0 Å². The van der Waals surface area contributed by atoms with Crippen molar-refractivity contribution >= 4 is 21.7 Å². The van der Waals surface area contributed by atoms with Crippen molar-refractivity contribution in [3.63, 3.8) is 0 Å². The SMILES string of the molecule is COC1CCCC(Oc2nc(N)cc(Br)n2)C1. The van der Waals surface area contributed by atoms with Gasteiger partial charge in [-0.1, -0.05) is 0 Å². The summed E-state index contributed by atoms with van der Waals surface area (Å²) < 4.78 is 11.7. The zero-order chi connectivity index (χ0) is 12.3. The van der Waals surface area contributed by atoms with Crippen molar-refractivity contribution in [2.75, 3.05) is 12.8 Å². The lowest BCUT2D eigenvalue weighted by Crippen LogP contribution is -2.30. The largest absolute Gasteiger partial charge is 0.460 e. The van der Waals surface area contributed by atoms with Crippen LogP contribution in [0.25, 0.3) is 0 Å². The normalized spacial score (nSPS) is 24.6. The van der Waals surface area contributed by atoms with E-state index in [1.54, 1.807) is 13.2 Å². The molecule has 1 fully saturated rings. The van der Waals surface area contributed by atoms with Crippen molar-refractivity contribution in [1.29, 1.82) is 0 Å². The van der Waals surface area contributed by atoms with Crippen LogP contribution in [-0.4, -0.2) is 29.3 Å². The first-order valence-electron chi connectivity index (χ1n) is 5.67. The maximum absolute atomic E-state index is 5.74. The van der Waals surface area contributed by atoms with Crippen LogP contribution in [-0.2, 0) is 4.74 Å². The van der Waals surface area contributed by atoms with E-state index in [-0.39, 0.29) is 12.2 Å². The predicted octanol–water partition coefficient (Wildman–Crippen LogP) is 2.16. The average Bonchev–Trinajstić information content (AvgIpc) is 2.28. The Bertz CT molecular complexity index is 369. The second-order valence-electron chi connectivity index (χ2n) is 4.16. The van der Waals surface area contributed by atoms with Gasteiger partial charge in [0.05, 0.1) is 6.10 Å². The van der Waals surface area contributed by atoms with Crippen molar-refractivity contribution < 1.29 is 9.47 Å². The Morgan fingerprint density at radius 2 is 2.12 bits per heavy atom. The van der Waals surface area contributed by atoms with Crippen LogP contribution >= 0.6 is 15.9 Å². The molecule has 0 aromatic carbocycles. The van der Waals surface area contributed by atoms with E-state index in [0.29, 0.717) is 16.4 Å². The maximum Gasteiger partial charge on any atom is 0.319 e. The van der Waals surface area contributed by atoms with Gasteiger partial charge in [0, 0.05) is 19.6 Å². The number of hydrogen-bond acceptors (Lipinski definition) is 5. The molecule has 0 aliphatic heterocycles. The summed E-state index contributed by atoms with van der Waals surface area (Å²) in [6.45, 7) is 0. The molecule has 2 rings (SSSR count). The van der Waals surface area contributed by atoms with Gasteiger partial charge in [-0.05, 0) is 35.2 Å². The maximum atomic E-state index is 5.74. The lowest BCUT2D eigenvalue weighted by molar-refractivity contribution is 0.0179. The molecule has 5 nitrogen and oxygen atoms in total. The van der Waals surface area contributed by atoms with Crippen LogP contribution in [0.1, 0.15) is 25.7 Å². The van der Waals surface area contributed by atoms with Crippen LogP contribution in [0.2, 0.25) is 0 Å². The first-order chi connectivity index (χ1) is 8.17. The van der Waals surface area contributed by atoms with Gasteiger partial charge in [-0.15, -0.1) is 0 Å². The number of aromatic nitrogens is 2. The van der Waals surface area contributed by atoms with Gasteiger partial charge < -0.3 is 15.2 Å². The highest BCUT2D eigenvalue weighted by Crippen LogP contribution is 2.24. The summed E-state index contributed by atoms with van der Waals surface area (Å²) in [5.74, 6) is 0.404. The predicted molar refractivity (Wildman–Crippen MR) is 67.8 cm³/mol. The van der Waals surface area contributed by atoms with Crippen molar-refractivity contribution in [1.82, 2.24) is 9.97 Å². The minimum absolute atomic E-state index is 0.113. The number of halogens is 1. The summed E-state index contributed by atoms with van der Waals surface area (Å²) in [5.41, 5.74) is 5.63. The third-order valence-corrected chi connectivity index (χ3v) is 3.28. The second-order valence-corrected chi connectivity index (χ2v) is 4.97. The van der Waals surface area contributed by atoms with Gasteiger partial charge in [-0.3, -0.25) is 0 Å². The van der Waals surface area contributed by atoms with Crippen LogP contribution in [0.4, 0.5) is 5.82 Å². The molecular weight excluding hydrogens is 286 g/mol. The molecule has 1 saturated carbocycles. The molecule has 0 amide bonds. The van der Waals surface area contributed by atoms with Gasteiger partial charge in [-0.2, -0.15) is 9.97 Å². The Hall–Kier alpha value is -0.880. The molecule has 0 spiro atoms. The number of anilines is 1. The van der Waals surface area contributed by atoms with E-state index < -0.39 is 0 Å². The highest BCUT2D eigenvalue weighted by Gasteiger charge is 2.23. The molecule has 94 valence electrons. The Morgan fingerprint density at radius 1 is 1.35 bits per heavy atom. The van der Waals surface area contributed by atoms with Gasteiger partial charge in [0.15, 0.2) is 0 Å². The molecule has 0 saturated heterocycles. The van der Waals surface area contributed by atoms with E-state index in [2.05, 4.69) is 25.9 Å². The van der Waals surface area contributed by atoms with E-state index in [4.69, 9.17) is 15.2 Å². The number of nitrogens with two attached hydrogens (primary N) is 1. The van der Waals surface area contributed by atoms with Crippen molar-refractivity contribution in [3.8, 4) is 6.01 Å². The van der Waals surface area contributed by atoms with Crippen molar-refractivity contribution in [3.05, 3.63) is 10.7 Å². The quantitative estimate of drug-likeness (QED) is 0.866. The van der Waals surface area contributed by atoms with Crippen LogP contribution in [0.15, 0.2) is 10.7 Å². The zero-order valence-corrected chi connectivity index (χ0v) is 11.3.